The zero-order chi connectivity index (χ0) is 10.7. The van der Waals surface area contributed by atoms with Crippen LogP contribution in [0.15, 0.2) is 6.20 Å². The van der Waals surface area contributed by atoms with Crippen molar-refractivity contribution < 1.29 is 13.9 Å². The number of hydrogen-bond acceptors (Lipinski definition) is 3. The molecule has 0 aromatic carbocycles. The summed E-state index contributed by atoms with van der Waals surface area (Å²) in [4.78, 5) is 3.54. The molecule has 0 spiro atoms. The van der Waals surface area contributed by atoms with Crippen LogP contribution in [0.1, 0.15) is 23.2 Å². The van der Waals surface area contributed by atoms with Crippen LogP contribution in [0.25, 0.3) is 0 Å². The van der Waals surface area contributed by atoms with E-state index in [4.69, 9.17) is 10.4 Å². The average Bonchev–Trinajstić information content (AvgIpc) is 2.16. The molecule has 1 rings (SSSR count). The molecule has 0 amide bonds. The van der Waals surface area contributed by atoms with Crippen molar-refractivity contribution in [3.8, 4) is 6.07 Å². The molecule has 1 N–H and O–H groups in total. The van der Waals surface area contributed by atoms with Gasteiger partial charge in [0.2, 0.25) is 0 Å². The number of pyridine rings is 1. The highest BCUT2D eigenvalue weighted by Gasteiger charge is 2.17. The second kappa shape index (κ2) is 4.61. The molecule has 6 heteroatoms. The summed E-state index contributed by atoms with van der Waals surface area (Å²) >= 11 is 1.67. The second-order valence-corrected chi connectivity index (χ2v) is 3.50. The van der Waals surface area contributed by atoms with E-state index < -0.39 is 13.0 Å². The predicted octanol–water partition coefficient (Wildman–Crippen LogP) is 1.99. The van der Waals surface area contributed by atoms with Crippen molar-refractivity contribution in [3.63, 3.8) is 0 Å². The number of hydrogen-bond donors (Lipinski definition) is 1. The first-order valence-corrected chi connectivity index (χ1v) is 4.66. The minimum Gasteiger partial charge on any atom is -0.392 e. The van der Waals surface area contributed by atoms with Gasteiger partial charge in [0.05, 0.1) is 6.61 Å². The lowest BCUT2D eigenvalue weighted by atomic mass is 10.1. The number of nitrogens with zero attached hydrogens (tertiary/aromatic N) is 2. The molecule has 14 heavy (non-hydrogen) atoms. The molecule has 0 saturated carbocycles. The maximum absolute atomic E-state index is 12.4. The number of aromatic nitrogens is 1. The molecule has 0 fully saturated rings. The molecular formula is C8H5F2IN2O. The molecule has 3 nitrogen and oxygen atoms in total. The molecule has 0 aliphatic rings. The third kappa shape index (κ3) is 1.99. The Kier molecular flexibility index (Phi) is 3.71. The Morgan fingerprint density at radius 2 is 2.29 bits per heavy atom. The molecule has 1 heterocycles. The Balaban J connectivity index is 3.37. The Hall–Kier alpha value is -0.810. The zero-order valence-electron chi connectivity index (χ0n) is 6.84. The number of halogens is 3. The van der Waals surface area contributed by atoms with Crippen LogP contribution in [0.3, 0.4) is 0 Å². The minimum absolute atomic E-state index is 0.0127. The van der Waals surface area contributed by atoms with Gasteiger partial charge in [0.1, 0.15) is 11.8 Å². The molecule has 0 radical (unpaired) electrons. The van der Waals surface area contributed by atoms with Crippen LogP contribution in [-0.4, -0.2) is 10.1 Å². The number of rotatable bonds is 2. The highest BCUT2D eigenvalue weighted by molar-refractivity contribution is 14.1. The Morgan fingerprint density at radius 3 is 2.71 bits per heavy atom. The number of aliphatic hydroxyl groups is 1. The summed E-state index contributed by atoms with van der Waals surface area (Å²) in [5, 5.41) is 17.5. The minimum atomic E-state index is -2.65. The van der Waals surface area contributed by atoms with Crippen LogP contribution in [0.5, 0.6) is 0 Å². The molecule has 1 aromatic heterocycles. The van der Waals surface area contributed by atoms with Gasteiger partial charge in [0, 0.05) is 20.9 Å². The lowest BCUT2D eigenvalue weighted by molar-refractivity contribution is 0.149. The third-order valence-electron chi connectivity index (χ3n) is 1.64. The van der Waals surface area contributed by atoms with Gasteiger partial charge in [0.25, 0.3) is 6.43 Å². The van der Waals surface area contributed by atoms with Gasteiger partial charge in [-0.15, -0.1) is 0 Å². The lowest BCUT2D eigenvalue weighted by Crippen LogP contribution is -2.02. The Morgan fingerprint density at radius 1 is 1.64 bits per heavy atom. The van der Waals surface area contributed by atoms with E-state index in [9.17, 15) is 8.78 Å². The molecule has 0 atom stereocenters. The second-order valence-electron chi connectivity index (χ2n) is 2.43. The summed E-state index contributed by atoms with van der Waals surface area (Å²) in [7, 11) is 0. The van der Waals surface area contributed by atoms with E-state index in [1.165, 1.54) is 0 Å². The number of nitriles is 1. The van der Waals surface area contributed by atoms with Crippen molar-refractivity contribution in [3.05, 3.63) is 26.6 Å². The van der Waals surface area contributed by atoms with Crippen molar-refractivity contribution in [2.24, 2.45) is 0 Å². The molecule has 0 saturated heterocycles. The van der Waals surface area contributed by atoms with E-state index in [2.05, 4.69) is 4.98 Å². The van der Waals surface area contributed by atoms with Crippen molar-refractivity contribution in [2.45, 2.75) is 13.0 Å². The SMILES string of the molecule is N#Cc1ncc(C(F)F)c(I)c1CO. The van der Waals surface area contributed by atoms with Crippen molar-refractivity contribution in [1.29, 1.82) is 5.26 Å². The summed E-state index contributed by atoms with van der Waals surface area (Å²) in [6, 6.07) is 1.73. The molecule has 0 aliphatic heterocycles. The van der Waals surface area contributed by atoms with E-state index in [1.807, 2.05) is 0 Å². The smallest absolute Gasteiger partial charge is 0.266 e. The van der Waals surface area contributed by atoms with Gasteiger partial charge < -0.3 is 5.11 Å². The normalized spacial score (nSPS) is 10.3. The Labute approximate surface area is 92.5 Å². The third-order valence-corrected chi connectivity index (χ3v) is 2.91. The summed E-state index contributed by atoms with van der Waals surface area (Å²) in [5.41, 5.74) is -0.110. The fourth-order valence-electron chi connectivity index (χ4n) is 0.940. The van der Waals surface area contributed by atoms with Crippen LogP contribution in [0.4, 0.5) is 8.78 Å². The molecule has 0 aliphatic carbocycles. The summed E-state index contributed by atoms with van der Waals surface area (Å²) < 4.78 is 24.9. The quantitative estimate of drug-likeness (QED) is 0.850. The van der Waals surface area contributed by atoms with Gasteiger partial charge in [-0.1, -0.05) is 0 Å². The van der Waals surface area contributed by atoms with E-state index in [0.717, 1.165) is 6.20 Å². The lowest BCUT2D eigenvalue weighted by Gasteiger charge is -2.07. The van der Waals surface area contributed by atoms with Crippen molar-refractivity contribution >= 4 is 22.6 Å². The molecule has 0 unspecified atom stereocenters. The van der Waals surface area contributed by atoms with Crippen LogP contribution < -0.4 is 0 Å². The topological polar surface area (TPSA) is 56.9 Å². The number of aliphatic hydroxyl groups excluding tert-OH is 1. The first-order chi connectivity index (χ1) is 6.61. The molecule has 74 valence electrons. The maximum Gasteiger partial charge on any atom is 0.266 e. The van der Waals surface area contributed by atoms with Gasteiger partial charge >= 0.3 is 0 Å². The zero-order valence-corrected chi connectivity index (χ0v) is 8.99. The monoisotopic (exact) mass is 310 g/mol. The molecule has 0 bridgehead atoms. The van der Waals surface area contributed by atoms with Gasteiger partial charge in [-0.05, 0) is 22.6 Å². The summed E-state index contributed by atoms with van der Waals surface area (Å²) in [5.74, 6) is 0. The summed E-state index contributed by atoms with van der Waals surface area (Å²) in [6.07, 6.45) is -1.68. The van der Waals surface area contributed by atoms with Crippen LogP contribution >= 0.6 is 22.6 Å². The Bertz CT molecular complexity index is 390. The first kappa shape index (κ1) is 11.3. The standard InChI is InChI=1S/C8H5F2IN2O/c9-8(10)4-2-13-6(1-12)5(3-14)7(4)11/h2,8,14H,3H2. The van der Waals surface area contributed by atoms with Gasteiger partial charge in [-0.25, -0.2) is 13.8 Å². The fourth-order valence-corrected chi connectivity index (χ4v) is 1.74. The highest BCUT2D eigenvalue weighted by atomic mass is 127. The van der Waals surface area contributed by atoms with E-state index in [0.29, 0.717) is 0 Å². The van der Waals surface area contributed by atoms with Crippen molar-refractivity contribution in [2.75, 3.05) is 0 Å². The maximum atomic E-state index is 12.4. The fraction of sp³-hybridized carbons (Fsp3) is 0.250. The highest BCUT2D eigenvalue weighted by Crippen LogP contribution is 2.27. The molecule has 1 aromatic rings. The largest absolute Gasteiger partial charge is 0.392 e. The molecular weight excluding hydrogens is 305 g/mol. The van der Waals surface area contributed by atoms with Crippen LogP contribution in [0.2, 0.25) is 0 Å². The van der Waals surface area contributed by atoms with E-state index in [-0.39, 0.29) is 20.4 Å². The van der Waals surface area contributed by atoms with E-state index >= 15 is 0 Å². The summed E-state index contributed by atoms with van der Waals surface area (Å²) in [6.45, 7) is -0.464. The predicted molar refractivity (Wildman–Crippen MR) is 52.5 cm³/mol. The average molecular weight is 310 g/mol. The first-order valence-electron chi connectivity index (χ1n) is 3.58. The van der Waals surface area contributed by atoms with E-state index in [1.54, 1.807) is 28.7 Å². The van der Waals surface area contributed by atoms with Crippen LogP contribution in [-0.2, 0) is 6.61 Å². The van der Waals surface area contributed by atoms with Crippen LogP contribution in [0, 0.1) is 14.9 Å². The van der Waals surface area contributed by atoms with Gasteiger partial charge in [-0.2, -0.15) is 5.26 Å². The van der Waals surface area contributed by atoms with Gasteiger partial charge in [-0.3, -0.25) is 0 Å². The van der Waals surface area contributed by atoms with Gasteiger partial charge in [0.15, 0.2) is 0 Å². The van der Waals surface area contributed by atoms with Crippen molar-refractivity contribution in [1.82, 2.24) is 4.98 Å². The number of alkyl halides is 2.